The van der Waals surface area contributed by atoms with Crippen molar-refractivity contribution in [3.63, 3.8) is 0 Å². The molecule has 0 aromatic rings. The molecule has 0 saturated carbocycles. The third-order valence-corrected chi connectivity index (χ3v) is 4.51. The first-order valence-electron chi connectivity index (χ1n) is 6.15. The lowest BCUT2D eigenvalue weighted by molar-refractivity contribution is 0.357. The van der Waals surface area contributed by atoms with E-state index in [0.29, 0.717) is 12.6 Å². The number of hydrogen-bond acceptors (Lipinski definition) is 3. The fourth-order valence-electron chi connectivity index (χ4n) is 2.32. The molecule has 1 saturated heterocycles. The summed E-state index contributed by atoms with van der Waals surface area (Å²) in [6, 6.07) is 0.640. The summed E-state index contributed by atoms with van der Waals surface area (Å²) in [6.07, 6.45) is 5.58. The number of nitrogens with one attached hydrogen (secondary N) is 1. The molecule has 5 heteroatoms. The topological polar surface area (TPSA) is 49.4 Å². The van der Waals surface area contributed by atoms with Gasteiger partial charge in [0.1, 0.15) is 0 Å². The second-order valence-electron chi connectivity index (χ2n) is 4.77. The lowest BCUT2D eigenvalue weighted by Crippen LogP contribution is -2.43. The maximum atomic E-state index is 11.5. The van der Waals surface area contributed by atoms with Gasteiger partial charge in [-0.3, -0.25) is 0 Å². The van der Waals surface area contributed by atoms with Crippen LogP contribution < -0.4 is 5.32 Å². The maximum absolute atomic E-state index is 11.5. The monoisotopic (exact) mass is 248 g/mol. The molecule has 1 aliphatic rings. The average molecular weight is 248 g/mol. The molecular weight excluding hydrogens is 224 g/mol. The molecule has 0 aromatic heterocycles. The highest BCUT2D eigenvalue weighted by atomic mass is 32.2. The van der Waals surface area contributed by atoms with E-state index in [1.54, 1.807) is 4.31 Å². The zero-order valence-electron chi connectivity index (χ0n) is 10.6. The van der Waals surface area contributed by atoms with Gasteiger partial charge in [-0.2, -0.15) is 4.31 Å². The van der Waals surface area contributed by atoms with Crippen molar-refractivity contribution in [3.05, 3.63) is 0 Å². The molecule has 1 heterocycles. The first-order valence-corrected chi connectivity index (χ1v) is 8.00. The normalized spacial score (nSPS) is 24.8. The largest absolute Gasteiger partial charge is 0.313 e. The first-order chi connectivity index (χ1) is 7.45. The standard InChI is InChI=1S/C11H24N2O2S/c1-4-6-10(2)12-9-11-7-5-8-13(11)16(3,14)15/h10-12H,4-9H2,1-3H3/t10?,11-/m1/s1. The summed E-state index contributed by atoms with van der Waals surface area (Å²) in [5.74, 6) is 0. The molecule has 96 valence electrons. The van der Waals surface area contributed by atoms with Crippen LogP contribution in [0.3, 0.4) is 0 Å². The second kappa shape index (κ2) is 5.98. The molecule has 0 aliphatic carbocycles. The Morgan fingerprint density at radius 3 is 2.75 bits per heavy atom. The van der Waals surface area contributed by atoms with E-state index in [4.69, 9.17) is 0 Å². The van der Waals surface area contributed by atoms with E-state index in [0.717, 1.165) is 32.2 Å². The van der Waals surface area contributed by atoms with Crippen LogP contribution in [0.4, 0.5) is 0 Å². The molecule has 1 unspecified atom stereocenters. The van der Waals surface area contributed by atoms with Gasteiger partial charge in [-0.05, 0) is 26.2 Å². The van der Waals surface area contributed by atoms with Gasteiger partial charge in [0.25, 0.3) is 0 Å². The smallest absolute Gasteiger partial charge is 0.211 e. The van der Waals surface area contributed by atoms with Crippen LogP contribution in [0.2, 0.25) is 0 Å². The molecule has 0 radical (unpaired) electrons. The molecule has 1 N–H and O–H groups in total. The summed E-state index contributed by atoms with van der Waals surface area (Å²) in [5, 5.41) is 3.42. The van der Waals surface area contributed by atoms with Gasteiger partial charge in [-0.15, -0.1) is 0 Å². The Balaban J connectivity index is 2.42. The highest BCUT2D eigenvalue weighted by molar-refractivity contribution is 7.88. The van der Waals surface area contributed by atoms with Crippen molar-refractivity contribution >= 4 is 10.0 Å². The van der Waals surface area contributed by atoms with Gasteiger partial charge in [0.15, 0.2) is 0 Å². The predicted molar refractivity (Wildman–Crippen MR) is 66.9 cm³/mol. The number of nitrogens with zero attached hydrogens (tertiary/aromatic N) is 1. The third kappa shape index (κ3) is 4.03. The first kappa shape index (κ1) is 13.9. The Hall–Kier alpha value is -0.130. The van der Waals surface area contributed by atoms with E-state index < -0.39 is 10.0 Å². The van der Waals surface area contributed by atoms with Crippen molar-refractivity contribution in [2.45, 2.75) is 51.6 Å². The van der Waals surface area contributed by atoms with Crippen molar-refractivity contribution in [1.29, 1.82) is 0 Å². The summed E-state index contributed by atoms with van der Waals surface area (Å²) >= 11 is 0. The minimum absolute atomic E-state index is 0.161. The minimum atomic E-state index is -3.02. The van der Waals surface area contributed by atoms with Gasteiger partial charge in [0, 0.05) is 25.2 Å². The molecule has 0 spiro atoms. The fraction of sp³-hybridized carbons (Fsp3) is 1.00. The SMILES string of the molecule is CCCC(C)NC[C@H]1CCCN1S(C)(=O)=O. The average Bonchev–Trinajstić information content (AvgIpc) is 2.62. The minimum Gasteiger partial charge on any atom is -0.313 e. The second-order valence-corrected chi connectivity index (χ2v) is 6.70. The molecule has 4 nitrogen and oxygen atoms in total. The third-order valence-electron chi connectivity index (χ3n) is 3.17. The summed E-state index contributed by atoms with van der Waals surface area (Å²) in [7, 11) is -3.02. The molecule has 2 atom stereocenters. The van der Waals surface area contributed by atoms with E-state index in [1.807, 2.05) is 0 Å². The zero-order valence-corrected chi connectivity index (χ0v) is 11.4. The van der Waals surface area contributed by atoms with E-state index in [1.165, 1.54) is 6.26 Å². The molecule has 0 amide bonds. The lowest BCUT2D eigenvalue weighted by Gasteiger charge is -2.24. The summed E-state index contributed by atoms with van der Waals surface area (Å²) in [5.41, 5.74) is 0. The highest BCUT2D eigenvalue weighted by Gasteiger charge is 2.30. The van der Waals surface area contributed by atoms with Crippen LogP contribution >= 0.6 is 0 Å². The Kier molecular flexibility index (Phi) is 5.21. The van der Waals surface area contributed by atoms with Crippen LogP contribution in [0.25, 0.3) is 0 Å². The van der Waals surface area contributed by atoms with Crippen molar-refractivity contribution < 1.29 is 8.42 Å². The van der Waals surface area contributed by atoms with Crippen LogP contribution in [0.15, 0.2) is 0 Å². The van der Waals surface area contributed by atoms with Crippen LogP contribution in [0.1, 0.15) is 39.5 Å². The van der Waals surface area contributed by atoms with Gasteiger partial charge in [-0.25, -0.2) is 8.42 Å². The van der Waals surface area contributed by atoms with Gasteiger partial charge in [-0.1, -0.05) is 13.3 Å². The molecule has 1 fully saturated rings. The van der Waals surface area contributed by atoms with E-state index >= 15 is 0 Å². The number of sulfonamides is 1. The molecule has 1 rings (SSSR count). The predicted octanol–water partition coefficient (Wildman–Crippen LogP) is 1.19. The van der Waals surface area contributed by atoms with Crippen molar-refractivity contribution in [1.82, 2.24) is 9.62 Å². The Labute approximate surface area is 99.5 Å². The zero-order chi connectivity index (χ0) is 12.2. The van der Waals surface area contributed by atoms with Gasteiger partial charge >= 0.3 is 0 Å². The molecule has 1 aliphatic heterocycles. The Morgan fingerprint density at radius 1 is 1.50 bits per heavy atom. The molecule has 0 bridgehead atoms. The molecule has 16 heavy (non-hydrogen) atoms. The van der Waals surface area contributed by atoms with E-state index in [9.17, 15) is 8.42 Å². The summed E-state index contributed by atoms with van der Waals surface area (Å²) < 4.78 is 24.7. The van der Waals surface area contributed by atoms with Crippen LogP contribution in [-0.2, 0) is 10.0 Å². The summed E-state index contributed by atoms with van der Waals surface area (Å²) in [4.78, 5) is 0. The van der Waals surface area contributed by atoms with Gasteiger partial charge < -0.3 is 5.32 Å². The molecule has 0 aromatic carbocycles. The van der Waals surface area contributed by atoms with Gasteiger partial charge in [0.2, 0.25) is 10.0 Å². The van der Waals surface area contributed by atoms with Crippen molar-refractivity contribution in [2.75, 3.05) is 19.3 Å². The highest BCUT2D eigenvalue weighted by Crippen LogP contribution is 2.19. The Morgan fingerprint density at radius 2 is 2.19 bits per heavy atom. The lowest BCUT2D eigenvalue weighted by atomic mass is 10.1. The van der Waals surface area contributed by atoms with Crippen molar-refractivity contribution in [2.24, 2.45) is 0 Å². The van der Waals surface area contributed by atoms with Crippen LogP contribution in [-0.4, -0.2) is 44.2 Å². The van der Waals surface area contributed by atoms with Crippen LogP contribution in [0, 0.1) is 0 Å². The molecular formula is C11H24N2O2S. The van der Waals surface area contributed by atoms with Crippen molar-refractivity contribution in [3.8, 4) is 0 Å². The fourth-order valence-corrected chi connectivity index (χ4v) is 3.50. The number of rotatable bonds is 6. The summed E-state index contributed by atoms with van der Waals surface area (Å²) in [6.45, 7) is 5.79. The van der Waals surface area contributed by atoms with Gasteiger partial charge in [0.05, 0.1) is 6.26 Å². The van der Waals surface area contributed by atoms with E-state index in [-0.39, 0.29) is 6.04 Å². The van der Waals surface area contributed by atoms with E-state index in [2.05, 4.69) is 19.2 Å². The van der Waals surface area contributed by atoms with Crippen LogP contribution in [0.5, 0.6) is 0 Å². The Bertz CT molecular complexity index is 303. The quantitative estimate of drug-likeness (QED) is 0.768. The maximum Gasteiger partial charge on any atom is 0.211 e. The number of hydrogen-bond donors (Lipinski definition) is 1.